The van der Waals surface area contributed by atoms with Gasteiger partial charge in [-0.25, -0.2) is 4.39 Å². The van der Waals surface area contributed by atoms with Crippen molar-refractivity contribution in [2.75, 3.05) is 0 Å². The minimum atomic E-state index is -0.153. The summed E-state index contributed by atoms with van der Waals surface area (Å²) in [6.45, 7) is 4.11. The third-order valence-electron chi connectivity index (χ3n) is 1.45. The molecule has 1 aromatic carbocycles. The van der Waals surface area contributed by atoms with Gasteiger partial charge in [0.2, 0.25) is 0 Å². The zero-order chi connectivity index (χ0) is 9.40. The van der Waals surface area contributed by atoms with Crippen molar-refractivity contribution in [2.45, 2.75) is 19.8 Å². The van der Waals surface area contributed by atoms with Gasteiger partial charge in [0.05, 0.1) is 0 Å². The fraction of sp³-hybridized carbons (Fsp3) is 0.300. The summed E-state index contributed by atoms with van der Waals surface area (Å²) in [4.78, 5) is 8.00. The molecule has 66 valence electrons. The number of hydrogen-bond donors (Lipinski definition) is 0. The first kappa shape index (κ1) is 10.8. The average molecular weight is 168 g/mol. The van der Waals surface area contributed by atoms with Crippen LogP contribution in [0.15, 0.2) is 24.3 Å². The lowest BCUT2D eigenvalue weighted by Crippen LogP contribution is -1.81. The smallest absolute Gasteiger partial charge is 0.123 e. The number of rotatable bonds is 2. The van der Waals surface area contributed by atoms with Crippen molar-refractivity contribution >= 4 is 6.79 Å². The van der Waals surface area contributed by atoms with Crippen LogP contribution in [0.2, 0.25) is 0 Å². The fourth-order valence-corrected chi connectivity index (χ4v) is 0.940. The summed E-state index contributed by atoms with van der Waals surface area (Å²) in [5.41, 5.74) is 1.21. The van der Waals surface area contributed by atoms with E-state index in [0.29, 0.717) is 0 Å². The zero-order valence-corrected chi connectivity index (χ0v) is 7.22. The minimum Gasteiger partial charge on any atom is -0.307 e. The van der Waals surface area contributed by atoms with Gasteiger partial charge in [-0.05, 0) is 24.1 Å². The van der Waals surface area contributed by atoms with Gasteiger partial charge in [0.25, 0.3) is 0 Å². The normalized spacial score (nSPS) is 8.50. The number of aryl methyl sites for hydroxylation is 1. The van der Waals surface area contributed by atoms with Crippen LogP contribution in [0.4, 0.5) is 4.39 Å². The maximum atomic E-state index is 12.3. The Labute approximate surface area is 72.2 Å². The summed E-state index contributed by atoms with van der Waals surface area (Å²) in [5.74, 6) is -0.153. The molecule has 0 aromatic heterocycles. The lowest BCUT2D eigenvalue weighted by atomic mass is 10.1. The number of carbonyl (C=O) groups excluding carboxylic acids is 1. The number of benzene rings is 1. The molecule has 0 saturated heterocycles. The Morgan fingerprint density at radius 1 is 1.25 bits per heavy atom. The second-order valence-electron chi connectivity index (χ2n) is 2.38. The first-order valence-electron chi connectivity index (χ1n) is 3.86. The predicted molar refractivity (Wildman–Crippen MR) is 47.5 cm³/mol. The highest BCUT2D eigenvalue weighted by atomic mass is 19.1. The Bertz CT molecular complexity index is 206. The third-order valence-corrected chi connectivity index (χ3v) is 1.45. The molecular formula is C10H13FO. The van der Waals surface area contributed by atoms with Crippen LogP contribution < -0.4 is 0 Å². The van der Waals surface area contributed by atoms with Crippen LogP contribution in [0.3, 0.4) is 0 Å². The molecule has 0 bridgehead atoms. The van der Waals surface area contributed by atoms with E-state index in [0.717, 1.165) is 12.8 Å². The Morgan fingerprint density at radius 2 is 1.75 bits per heavy atom. The minimum absolute atomic E-state index is 0.153. The molecule has 1 rings (SSSR count). The predicted octanol–water partition coefficient (Wildman–Crippen LogP) is 2.59. The molecule has 0 amide bonds. The maximum Gasteiger partial charge on any atom is 0.123 e. The SMILES string of the molecule is C=O.CCCc1ccc(F)cc1. The zero-order valence-electron chi connectivity index (χ0n) is 7.22. The van der Waals surface area contributed by atoms with E-state index in [9.17, 15) is 4.39 Å². The van der Waals surface area contributed by atoms with Crippen LogP contribution in [-0.4, -0.2) is 6.79 Å². The molecule has 1 nitrogen and oxygen atoms in total. The summed E-state index contributed by atoms with van der Waals surface area (Å²) in [5, 5.41) is 0. The molecule has 0 unspecified atom stereocenters. The summed E-state index contributed by atoms with van der Waals surface area (Å²) >= 11 is 0. The summed E-state index contributed by atoms with van der Waals surface area (Å²) in [6.07, 6.45) is 2.16. The van der Waals surface area contributed by atoms with Gasteiger partial charge in [-0.1, -0.05) is 25.5 Å². The van der Waals surface area contributed by atoms with E-state index in [4.69, 9.17) is 4.79 Å². The van der Waals surface area contributed by atoms with Gasteiger partial charge >= 0.3 is 0 Å². The van der Waals surface area contributed by atoms with Gasteiger partial charge < -0.3 is 4.79 Å². The summed E-state index contributed by atoms with van der Waals surface area (Å²) in [7, 11) is 0. The van der Waals surface area contributed by atoms with E-state index in [1.807, 2.05) is 18.9 Å². The van der Waals surface area contributed by atoms with Gasteiger partial charge in [0.1, 0.15) is 12.6 Å². The molecule has 0 aliphatic carbocycles. The van der Waals surface area contributed by atoms with Crippen molar-refractivity contribution in [2.24, 2.45) is 0 Å². The Hall–Kier alpha value is -1.18. The molecular weight excluding hydrogens is 155 g/mol. The highest BCUT2D eigenvalue weighted by Gasteiger charge is 1.90. The van der Waals surface area contributed by atoms with E-state index >= 15 is 0 Å². The largest absolute Gasteiger partial charge is 0.307 e. The van der Waals surface area contributed by atoms with E-state index in [-0.39, 0.29) is 5.82 Å². The molecule has 1 aromatic rings. The number of carbonyl (C=O) groups is 1. The van der Waals surface area contributed by atoms with Crippen LogP contribution in [0.1, 0.15) is 18.9 Å². The van der Waals surface area contributed by atoms with E-state index in [2.05, 4.69) is 6.92 Å². The van der Waals surface area contributed by atoms with Crippen LogP contribution >= 0.6 is 0 Å². The van der Waals surface area contributed by atoms with Crippen LogP contribution in [0, 0.1) is 5.82 Å². The van der Waals surface area contributed by atoms with Gasteiger partial charge in [-0.2, -0.15) is 0 Å². The van der Waals surface area contributed by atoms with Crippen molar-refractivity contribution in [3.8, 4) is 0 Å². The Kier molecular flexibility index (Phi) is 5.88. The summed E-state index contributed by atoms with van der Waals surface area (Å²) < 4.78 is 12.3. The quantitative estimate of drug-likeness (QED) is 0.663. The monoisotopic (exact) mass is 168 g/mol. The van der Waals surface area contributed by atoms with Gasteiger partial charge in [-0.15, -0.1) is 0 Å². The molecule has 12 heavy (non-hydrogen) atoms. The first-order valence-corrected chi connectivity index (χ1v) is 3.86. The molecule has 0 atom stereocenters. The standard InChI is InChI=1S/C9H11F.CH2O/c1-2-3-8-4-6-9(10)7-5-8;1-2/h4-7H,2-3H2,1H3;1H2. The fourth-order valence-electron chi connectivity index (χ4n) is 0.940. The lowest BCUT2D eigenvalue weighted by molar-refractivity contribution is -0.0979. The molecule has 0 spiro atoms. The Balaban J connectivity index is 0.000000561. The highest BCUT2D eigenvalue weighted by molar-refractivity contribution is 5.15. The van der Waals surface area contributed by atoms with Crippen LogP contribution in [0.5, 0.6) is 0 Å². The number of halogens is 1. The van der Waals surface area contributed by atoms with Crippen LogP contribution in [0.25, 0.3) is 0 Å². The highest BCUT2D eigenvalue weighted by Crippen LogP contribution is 2.04. The second-order valence-corrected chi connectivity index (χ2v) is 2.38. The van der Waals surface area contributed by atoms with Gasteiger partial charge in [0, 0.05) is 0 Å². The third kappa shape index (κ3) is 3.86. The van der Waals surface area contributed by atoms with Crippen molar-refractivity contribution in [1.82, 2.24) is 0 Å². The second kappa shape index (κ2) is 6.53. The molecule has 0 fully saturated rings. The topological polar surface area (TPSA) is 17.1 Å². The maximum absolute atomic E-state index is 12.3. The summed E-state index contributed by atoms with van der Waals surface area (Å²) in [6, 6.07) is 6.67. The van der Waals surface area contributed by atoms with Gasteiger partial charge in [0.15, 0.2) is 0 Å². The van der Waals surface area contributed by atoms with Crippen LogP contribution in [-0.2, 0) is 11.2 Å². The Morgan fingerprint density at radius 3 is 2.17 bits per heavy atom. The molecule has 0 aliphatic heterocycles. The van der Waals surface area contributed by atoms with E-state index in [1.165, 1.54) is 17.7 Å². The molecule has 0 radical (unpaired) electrons. The number of hydrogen-bond acceptors (Lipinski definition) is 1. The van der Waals surface area contributed by atoms with Crippen molar-refractivity contribution in [1.29, 1.82) is 0 Å². The average Bonchev–Trinajstić information content (AvgIpc) is 2.13. The molecule has 2 heteroatoms. The van der Waals surface area contributed by atoms with E-state index in [1.54, 1.807) is 0 Å². The lowest BCUT2D eigenvalue weighted by Gasteiger charge is -1.95. The van der Waals surface area contributed by atoms with Crippen molar-refractivity contribution in [3.63, 3.8) is 0 Å². The van der Waals surface area contributed by atoms with Crippen molar-refractivity contribution < 1.29 is 9.18 Å². The first-order chi connectivity index (χ1) is 5.83. The molecule has 0 saturated carbocycles. The molecule has 0 aliphatic rings. The van der Waals surface area contributed by atoms with Crippen molar-refractivity contribution in [3.05, 3.63) is 35.6 Å². The van der Waals surface area contributed by atoms with Gasteiger partial charge in [-0.3, -0.25) is 0 Å². The molecule has 0 heterocycles. The van der Waals surface area contributed by atoms with E-state index < -0.39 is 0 Å². The molecule has 0 N–H and O–H groups in total.